The summed E-state index contributed by atoms with van der Waals surface area (Å²) in [6.07, 6.45) is 0. The van der Waals surface area contributed by atoms with Crippen LogP contribution < -0.4 is 5.32 Å². The van der Waals surface area contributed by atoms with Crippen LogP contribution in [0.3, 0.4) is 0 Å². The van der Waals surface area contributed by atoms with Gasteiger partial charge in [-0.05, 0) is 20.8 Å². The Morgan fingerprint density at radius 2 is 2.21 bits per heavy atom. The third kappa shape index (κ3) is 2.25. The number of hydrogen-bond donors (Lipinski definition) is 1. The van der Waals surface area contributed by atoms with Crippen molar-refractivity contribution in [1.82, 2.24) is 10.2 Å². The van der Waals surface area contributed by atoms with Gasteiger partial charge >= 0.3 is 0 Å². The zero-order chi connectivity index (χ0) is 10.8. The van der Waals surface area contributed by atoms with E-state index in [1.165, 1.54) is 0 Å². The Labute approximate surface area is 85.6 Å². The van der Waals surface area contributed by atoms with Gasteiger partial charge in [0.05, 0.1) is 6.61 Å². The van der Waals surface area contributed by atoms with E-state index in [9.17, 15) is 4.79 Å². The van der Waals surface area contributed by atoms with Crippen LogP contribution in [-0.4, -0.2) is 49.2 Å². The third-order valence-corrected chi connectivity index (χ3v) is 2.74. The summed E-state index contributed by atoms with van der Waals surface area (Å²) in [5.74, 6) is -0.0390. The van der Waals surface area contributed by atoms with Crippen LogP contribution in [0, 0.1) is 0 Å². The molecular weight excluding hydrogens is 180 g/mol. The Morgan fingerprint density at radius 3 is 2.71 bits per heavy atom. The van der Waals surface area contributed by atoms with Crippen LogP contribution in [0.4, 0.5) is 0 Å². The van der Waals surface area contributed by atoms with Gasteiger partial charge in [0.15, 0.2) is 5.60 Å². The summed E-state index contributed by atoms with van der Waals surface area (Å²) in [6, 6.07) is 0.461. The minimum atomic E-state index is -0.683. The molecule has 0 aliphatic carbocycles. The van der Waals surface area contributed by atoms with Crippen LogP contribution in [0.2, 0.25) is 0 Å². The molecule has 1 fully saturated rings. The molecule has 1 amide bonds. The Balaban J connectivity index is 2.67. The second-order valence-corrected chi connectivity index (χ2v) is 4.22. The van der Waals surface area contributed by atoms with Gasteiger partial charge in [-0.2, -0.15) is 0 Å². The first-order valence-electron chi connectivity index (χ1n) is 5.10. The van der Waals surface area contributed by atoms with Crippen LogP contribution in [0.25, 0.3) is 0 Å². The molecule has 0 unspecified atom stereocenters. The normalized spacial score (nSPS) is 29.2. The average molecular weight is 200 g/mol. The molecule has 0 radical (unpaired) electrons. The minimum Gasteiger partial charge on any atom is -0.363 e. The summed E-state index contributed by atoms with van der Waals surface area (Å²) in [5.41, 5.74) is -0.683. The zero-order valence-electron chi connectivity index (χ0n) is 9.46. The van der Waals surface area contributed by atoms with Gasteiger partial charge in [0.1, 0.15) is 0 Å². The lowest BCUT2D eigenvalue weighted by atomic mass is 10.0. The molecule has 0 aromatic rings. The standard InChI is InChI=1S/C10H20N2O2/c1-8(2)12-5-6-14-10(3,7-12)9(13)11-4/h8H,5-7H2,1-4H3,(H,11,13)/t10-/m0/s1. The van der Waals surface area contributed by atoms with Crippen molar-refractivity contribution in [2.24, 2.45) is 0 Å². The van der Waals surface area contributed by atoms with Crippen LogP contribution in [0.5, 0.6) is 0 Å². The van der Waals surface area contributed by atoms with Crippen LogP contribution >= 0.6 is 0 Å². The number of carbonyl (C=O) groups is 1. The molecule has 1 atom stereocenters. The Morgan fingerprint density at radius 1 is 1.57 bits per heavy atom. The monoisotopic (exact) mass is 200 g/mol. The van der Waals surface area contributed by atoms with Crippen molar-refractivity contribution in [3.63, 3.8) is 0 Å². The molecule has 4 heteroatoms. The maximum atomic E-state index is 11.6. The summed E-state index contributed by atoms with van der Waals surface area (Å²) in [6.45, 7) is 8.32. The number of rotatable bonds is 2. The minimum absolute atomic E-state index is 0.0390. The molecule has 1 rings (SSSR count). The lowest BCUT2D eigenvalue weighted by Crippen LogP contribution is -2.58. The molecule has 0 aromatic heterocycles. The maximum absolute atomic E-state index is 11.6. The van der Waals surface area contributed by atoms with E-state index in [2.05, 4.69) is 24.1 Å². The predicted molar refractivity (Wildman–Crippen MR) is 55.1 cm³/mol. The third-order valence-electron chi connectivity index (χ3n) is 2.74. The summed E-state index contributed by atoms with van der Waals surface area (Å²) >= 11 is 0. The molecule has 82 valence electrons. The van der Waals surface area contributed by atoms with Gasteiger partial charge in [-0.15, -0.1) is 0 Å². The van der Waals surface area contributed by atoms with E-state index in [-0.39, 0.29) is 5.91 Å². The molecule has 1 saturated heterocycles. The van der Waals surface area contributed by atoms with Gasteiger partial charge in [0.2, 0.25) is 0 Å². The van der Waals surface area contributed by atoms with Crippen molar-refractivity contribution in [3.05, 3.63) is 0 Å². The van der Waals surface area contributed by atoms with Gasteiger partial charge in [-0.25, -0.2) is 0 Å². The highest BCUT2D eigenvalue weighted by molar-refractivity contribution is 5.84. The number of hydrogen-bond acceptors (Lipinski definition) is 3. The first-order valence-corrected chi connectivity index (χ1v) is 5.10. The maximum Gasteiger partial charge on any atom is 0.253 e. The highest BCUT2D eigenvalue weighted by atomic mass is 16.5. The smallest absolute Gasteiger partial charge is 0.253 e. The lowest BCUT2D eigenvalue weighted by molar-refractivity contribution is -0.157. The molecule has 0 bridgehead atoms. The van der Waals surface area contributed by atoms with Gasteiger partial charge in [0.25, 0.3) is 5.91 Å². The molecule has 1 heterocycles. The number of nitrogens with one attached hydrogen (secondary N) is 1. The van der Waals surface area contributed by atoms with Gasteiger partial charge < -0.3 is 10.1 Å². The van der Waals surface area contributed by atoms with E-state index in [4.69, 9.17) is 4.74 Å². The second kappa shape index (κ2) is 4.28. The van der Waals surface area contributed by atoms with Gasteiger partial charge in [0, 0.05) is 26.2 Å². The molecule has 1 aliphatic rings. The Hall–Kier alpha value is -0.610. The number of ether oxygens (including phenoxy) is 1. The van der Waals surface area contributed by atoms with E-state index in [0.29, 0.717) is 19.2 Å². The first kappa shape index (κ1) is 11.5. The lowest BCUT2D eigenvalue weighted by Gasteiger charge is -2.40. The van der Waals surface area contributed by atoms with Crippen LogP contribution in [-0.2, 0) is 9.53 Å². The van der Waals surface area contributed by atoms with Gasteiger partial charge in [-0.3, -0.25) is 9.69 Å². The fourth-order valence-electron chi connectivity index (χ4n) is 1.74. The van der Waals surface area contributed by atoms with E-state index < -0.39 is 5.60 Å². The van der Waals surface area contributed by atoms with Crippen LogP contribution in [0.1, 0.15) is 20.8 Å². The molecule has 0 spiro atoms. The molecule has 4 nitrogen and oxygen atoms in total. The van der Waals surface area contributed by atoms with Crippen LogP contribution in [0.15, 0.2) is 0 Å². The average Bonchev–Trinajstić information content (AvgIpc) is 2.16. The SMILES string of the molecule is CNC(=O)[C@]1(C)CN(C(C)C)CCO1. The van der Waals surface area contributed by atoms with Crippen molar-refractivity contribution in [3.8, 4) is 0 Å². The quantitative estimate of drug-likeness (QED) is 0.694. The van der Waals surface area contributed by atoms with E-state index in [0.717, 1.165) is 6.54 Å². The highest BCUT2D eigenvalue weighted by Crippen LogP contribution is 2.19. The summed E-state index contributed by atoms with van der Waals surface area (Å²) in [5, 5.41) is 2.64. The van der Waals surface area contributed by atoms with Crippen molar-refractivity contribution < 1.29 is 9.53 Å². The first-order chi connectivity index (χ1) is 6.49. The van der Waals surface area contributed by atoms with Crippen molar-refractivity contribution >= 4 is 5.91 Å². The van der Waals surface area contributed by atoms with Crippen molar-refractivity contribution in [2.45, 2.75) is 32.4 Å². The van der Waals surface area contributed by atoms with E-state index >= 15 is 0 Å². The van der Waals surface area contributed by atoms with E-state index in [1.807, 2.05) is 6.92 Å². The van der Waals surface area contributed by atoms with Crippen molar-refractivity contribution in [2.75, 3.05) is 26.7 Å². The summed E-state index contributed by atoms with van der Waals surface area (Å²) < 4.78 is 5.54. The fraction of sp³-hybridized carbons (Fsp3) is 0.900. The number of likely N-dealkylation sites (N-methyl/N-ethyl adjacent to an activating group) is 1. The van der Waals surface area contributed by atoms with Crippen molar-refractivity contribution in [1.29, 1.82) is 0 Å². The zero-order valence-corrected chi connectivity index (χ0v) is 9.46. The molecule has 14 heavy (non-hydrogen) atoms. The Bertz CT molecular complexity index is 218. The summed E-state index contributed by atoms with van der Waals surface area (Å²) in [4.78, 5) is 13.9. The molecule has 1 N–H and O–H groups in total. The molecule has 0 aromatic carbocycles. The van der Waals surface area contributed by atoms with E-state index in [1.54, 1.807) is 7.05 Å². The molecule has 1 aliphatic heterocycles. The summed E-state index contributed by atoms with van der Waals surface area (Å²) in [7, 11) is 1.64. The van der Waals surface area contributed by atoms with Gasteiger partial charge in [-0.1, -0.05) is 0 Å². The predicted octanol–water partition coefficient (Wildman–Crippen LogP) is 0.232. The topological polar surface area (TPSA) is 41.6 Å². The fourth-order valence-corrected chi connectivity index (χ4v) is 1.74. The number of carbonyl (C=O) groups excluding carboxylic acids is 1. The number of nitrogens with zero attached hydrogens (tertiary/aromatic N) is 1. The highest BCUT2D eigenvalue weighted by Gasteiger charge is 2.39. The molecule has 0 saturated carbocycles. The largest absolute Gasteiger partial charge is 0.363 e. The Kier molecular flexibility index (Phi) is 3.50. The molecular formula is C10H20N2O2. The number of morpholine rings is 1. The second-order valence-electron chi connectivity index (χ2n) is 4.22. The number of amides is 1.